The van der Waals surface area contributed by atoms with Gasteiger partial charge in [0.05, 0.1) is 0 Å². The van der Waals surface area contributed by atoms with Gasteiger partial charge in [-0.05, 0) is 109 Å². The normalized spacial score (nSPS) is 12.9. The number of esters is 3. The van der Waals surface area contributed by atoms with Gasteiger partial charge in [-0.25, -0.2) is 0 Å². The first-order chi connectivity index (χ1) is 36.0. The predicted molar refractivity (Wildman–Crippen MR) is 316 cm³/mol. The second-order valence-electron chi connectivity index (χ2n) is 19.9. The Morgan fingerprint density at radius 2 is 0.534 bits per heavy atom. The summed E-state index contributed by atoms with van der Waals surface area (Å²) >= 11 is 0. The molecule has 0 aromatic rings. The molecule has 0 fully saturated rings. The number of rotatable bonds is 54. The van der Waals surface area contributed by atoms with E-state index in [0.717, 1.165) is 128 Å². The van der Waals surface area contributed by atoms with Crippen molar-refractivity contribution < 1.29 is 28.6 Å². The van der Waals surface area contributed by atoms with Crippen molar-refractivity contribution in [3.05, 3.63) is 109 Å². The molecule has 73 heavy (non-hydrogen) atoms. The van der Waals surface area contributed by atoms with Crippen molar-refractivity contribution in [3.63, 3.8) is 0 Å². The zero-order chi connectivity index (χ0) is 52.9. The second-order valence-corrected chi connectivity index (χ2v) is 19.9. The molecule has 0 N–H and O–H groups in total. The fourth-order valence-electron chi connectivity index (χ4n) is 8.22. The van der Waals surface area contributed by atoms with E-state index in [1.165, 1.54) is 109 Å². The van der Waals surface area contributed by atoms with E-state index in [4.69, 9.17) is 14.2 Å². The molecule has 0 spiro atoms. The lowest BCUT2D eigenvalue weighted by atomic mass is 10.1. The van der Waals surface area contributed by atoms with Crippen LogP contribution in [0.3, 0.4) is 0 Å². The maximum absolute atomic E-state index is 12.8. The van der Waals surface area contributed by atoms with Gasteiger partial charge < -0.3 is 14.2 Å². The first-order valence-corrected chi connectivity index (χ1v) is 30.4. The number of carbonyl (C=O) groups excluding carboxylic acids is 3. The number of hydrogen-bond acceptors (Lipinski definition) is 6. The number of allylic oxidation sites excluding steroid dienone is 18. The minimum Gasteiger partial charge on any atom is -0.462 e. The summed E-state index contributed by atoms with van der Waals surface area (Å²) in [5.74, 6) is -0.899. The minimum absolute atomic E-state index is 0.0818. The standard InChI is InChI=1S/C67H112O6/c1-4-7-10-13-16-19-22-24-25-26-27-28-29-30-31-32-33-34-35-36-37-38-39-40-41-42-43-44-46-48-51-54-57-60-66(69)72-63-64(62-71-65(68)59-56-53-50-47-21-18-15-12-9-6-3)73-67(70)61-58-55-52-49-45-23-20-17-14-11-8-5-2/h7,10,16-17,19-20,24-25,27-28,30-31,33-34,36-37,39-40,64H,4-6,8-9,11-15,18,21-23,26,29,32,35,38,41-63H2,1-3H3/b10-7-,19-16-,20-17-,25-24-,28-27-,31-30-,34-33-,37-36-,40-39-. The quantitative estimate of drug-likeness (QED) is 0.0261. The highest BCUT2D eigenvalue weighted by Crippen LogP contribution is 2.15. The largest absolute Gasteiger partial charge is 0.462 e. The summed E-state index contributed by atoms with van der Waals surface area (Å²) in [6, 6.07) is 0. The van der Waals surface area contributed by atoms with Crippen LogP contribution in [0.15, 0.2) is 109 Å². The summed E-state index contributed by atoms with van der Waals surface area (Å²) in [7, 11) is 0. The Kier molecular flexibility index (Phi) is 57.4. The number of hydrogen-bond donors (Lipinski definition) is 0. The molecule has 0 aromatic carbocycles. The van der Waals surface area contributed by atoms with E-state index < -0.39 is 6.10 Å². The molecule has 0 saturated carbocycles. The SMILES string of the molecule is CC/C=C\C/C=C\C/C=C\C/C=C\C/C=C\C/C=C\C/C=C\C/C=C\CCCCCCCCCCC(=O)OCC(COC(=O)CCCCCCCCCCCC)OC(=O)CCCCCCC/C=C\CCCCC. The highest BCUT2D eigenvalue weighted by Gasteiger charge is 2.19. The summed E-state index contributed by atoms with van der Waals surface area (Å²) in [5.41, 5.74) is 0. The molecule has 416 valence electrons. The van der Waals surface area contributed by atoms with E-state index in [-0.39, 0.29) is 31.1 Å². The van der Waals surface area contributed by atoms with Gasteiger partial charge in [0, 0.05) is 19.3 Å². The van der Waals surface area contributed by atoms with Crippen molar-refractivity contribution in [2.45, 2.75) is 284 Å². The van der Waals surface area contributed by atoms with Crippen LogP contribution in [0, 0.1) is 0 Å². The van der Waals surface area contributed by atoms with Gasteiger partial charge in [0.2, 0.25) is 0 Å². The summed E-state index contributed by atoms with van der Waals surface area (Å²) in [6.07, 6.45) is 82.4. The molecule has 0 bridgehead atoms. The third-order valence-corrected chi connectivity index (χ3v) is 12.8. The van der Waals surface area contributed by atoms with Crippen molar-refractivity contribution in [1.29, 1.82) is 0 Å². The molecule has 1 unspecified atom stereocenters. The average molecular weight is 1010 g/mol. The van der Waals surface area contributed by atoms with Crippen molar-refractivity contribution in [1.82, 2.24) is 0 Å². The smallest absolute Gasteiger partial charge is 0.306 e. The highest BCUT2D eigenvalue weighted by atomic mass is 16.6. The topological polar surface area (TPSA) is 78.9 Å². The van der Waals surface area contributed by atoms with Gasteiger partial charge in [-0.15, -0.1) is 0 Å². The molecule has 0 aliphatic carbocycles. The van der Waals surface area contributed by atoms with Crippen LogP contribution >= 0.6 is 0 Å². The van der Waals surface area contributed by atoms with Crippen LogP contribution in [0.25, 0.3) is 0 Å². The van der Waals surface area contributed by atoms with E-state index in [0.29, 0.717) is 19.3 Å². The Labute approximate surface area is 450 Å². The van der Waals surface area contributed by atoms with Crippen LogP contribution in [0.2, 0.25) is 0 Å². The molecule has 0 aliphatic rings. The van der Waals surface area contributed by atoms with Gasteiger partial charge >= 0.3 is 17.9 Å². The lowest BCUT2D eigenvalue weighted by Crippen LogP contribution is -2.30. The molecule has 1 atom stereocenters. The van der Waals surface area contributed by atoms with E-state index in [2.05, 4.69) is 130 Å². The first-order valence-electron chi connectivity index (χ1n) is 30.4. The first kappa shape index (κ1) is 69.1. The predicted octanol–water partition coefficient (Wildman–Crippen LogP) is 20.7. The zero-order valence-electron chi connectivity index (χ0n) is 47.6. The van der Waals surface area contributed by atoms with Crippen LogP contribution in [0.5, 0.6) is 0 Å². The molecule has 0 aliphatic heterocycles. The minimum atomic E-state index is -0.783. The Hall–Kier alpha value is -3.93. The average Bonchev–Trinajstić information content (AvgIpc) is 3.39. The van der Waals surface area contributed by atoms with Crippen molar-refractivity contribution >= 4 is 17.9 Å². The summed E-state index contributed by atoms with van der Waals surface area (Å²) in [4.78, 5) is 38.0. The van der Waals surface area contributed by atoms with Gasteiger partial charge in [0.25, 0.3) is 0 Å². The van der Waals surface area contributed by atoms with Crippen LogP contribution in [0.1, 0.15) is 278 Å². The lowest BCUT2D eigenvalue weighted by Gasteiger charge is -2.18. The van der Waals surface area contributed by atoms with Crippen LogP contribution in [-0.4, -0.2) is 37.2 Å². The monoisotopic (exact) mass is 1010 g/mol. The Morgan fingerprint density at radius 3 is 0.877 bits per heavy atom. The Balaban J connectivity index is 4.17. The highest BCUT2D eigenvalue weighted by molar-refractivity contribution is 5.71. The van der Waals surface area contributed by atoms with E-state index in [1.807, 2.05) is 0 Å². The van der Waals surface area contributed by atoms with Crippen molar-refractivity contribution in [2.24, 2.45) is 0 Å². The zero-order valence-corrected chi connectivity index (χ0v) is 47.6. The molecule has 0 aromatic heterocycles. The molecule has 0 rings (SSSR count). The van der Waals surface area contributed by atoms with Gasteiger partial charge in [-0.2, -0.15) is 0 Å². The second kappa shape index (κ2) is 60.6. The number of carbonyl (C=O) groups is 3. The molecule has 0 heterocycles. The fraction of sp³-hybridized carbons (Fsp3) is 0.687. The molecular formula is C67H112O6. The van der Waals surface area contributed by atoms with Gasteiger partial charge in [0.15, 0.2) is 6.10 Å². The maximum Gasteiger partial charge on any atom is 0.306 e. The van der Waals surface area contributed by atoms with Crippen LogP contribution < -0.4 is 0 Å². The molecule has 0 radical (unpaired) electrons. The number of unbranched alkanes of at least 4 members (excludes halogenated alkanes) is 25. The molecular weight excluding hydrogens is 901 g/mol. The summed E-state index contributed by atoms with van der Waals surface area (Å²) in [6.45, 7) is 6.48. The molecule has 6 nitrogen and oxygen atoms in total. The van der Waals surface area contributed by atoms with Gasteiger partial charge in [-0.3, -0.25) is 14.4 Å². The third-order valence-electron chi connectivity index (χ3n) is 12.8. The third kappa shape index (κ3) is 58.8. The van der Waals surface area contributed by atoms with E-state index in [1.54, 1.807) is 0 Å². The summed E-state index contributed by atoms with van der Waals surface area (Å²) in [5, 5.41) is 0. The molecule has 0 saturated heterocycles. The number of ether oxygens (including phenoxy) is 3. The van der Waals surface area contributed by atoms with Crippen molar-refractivity contribution in [3.8, 4) is 0 Å². The maximum atomic E-state index is 12.8. The van der Waals surface area contributed by atoms with Crippen molar-refractivity contribution in [2.75, 3.05) is 13.2 Å². The van der Waals surface area contributed by atoms with E-state index in [9.17, 15) is 14.4 Å². The van der Waals surface area contributed by atoms with Crippen LogP contribution in [0.4, 0.5) is 0 Å². The lowest BCUT2D eigenvalue weighted by molar-refractivity contribution is -0.167. The summed E-state index contributed by atoms with van der Waals surface area (Å²) < 4.78 is 16.8. The Bertz CT molecular complexity index is 1490. The molecule has 0 amide bonds. The van der Waals surface area contributed by atoms with Gasteiger partial charge in [0.1, 0.15) is 13.2 Å². The Morgan fingerprint density at radius 1 is 0.288 bits per heavy atom. The fourth-order valence-corrected chi connectivity index (χ4v) is 8.22. The van der Waals surface area contributed by atoms with Crippen LogP contribution in [-0.2, 0) is 28.6 Å². The van der Waals surface area contributed by atoms with E-state index >= 15 is 0 Å². The molecule has 6 heteroatoms. The van der Waals surface area contributed by atoms with Gasteiger partial charge in [-0.1, -0.05) is 259 Å².